The van der Waals surface area contributed by atoms with Gasteiger partial charge in [0.05, 0.1) is 24.0 Å². The smallest absolute Gasteiger partial charge is 0.337 e. The first-order valence-electron chi connectivity index (χ1n) is 8.51. The third kappa shape index (κ3) is 4.08. The fourth-order valence-corrected chi connectivity index (χ4v) is 3.01. The Kier molecular flexibility index (Phi) is 5.40. The van der Waals surface area contributed by atoms with Crippen molar-refractivity contribution in [2.45, 2.75) is 19.4 Å². The Hall–Kier alpha value is -3.35. The molecule has 2 amide bonds. The van der Waals surface area contributed by atoms with Crippen LogP contribution < -0.4 is 15.0 Å². The third-order valence-corrected chi connectivity index (χ3v) is 4.25. The Bertz CT molecular complexity index is 880. The van der Waals surface area contributed by atoms with Crippen molar-refractivity contribution in [3.8, 4) is 5.75 Å². The molecule has 0 unspecified atom stereocenters. The Balaban J connectivity index is 1.78. The number of para-hydroxylation sites is 2. The predicted molar refractivity (Wildman–Crippen MR) is 99.9 cm³/mol. The van der Waals surface area contributed by atoms with Crippen LogP contribution in [0.5, 0.6) is 5.75 Å². The number of anilines is 2. The van der Waals surface area contributed by atoms with Gasteiger partial charge in [-0.15, -0.1) is 0 Å². The molecule has 7 heteroatoms. The second-order valence-electron chi connectivity index (χ2n) is 6.19. The molecule has 1 aliphatic rings. The normalized spacial score (nSPS) is 16.0. The van der Waals surface area contributed by atoms with E-state index in [1.54, 1.807) is 41.3 Å². The van der Waals surface area contributed by atoms with Crippen LogP contribution in [0.25, 0.3) is 0 Å². The zero-order valence-electron chi connectivity index (χ0n) is 15.1. The molecule has 0 radical (unpaired) electrons. The Morgan fingerprint density at radius 1 is 1.19 bits per heavy atom. The molecule has 0 saturated carbocycles. The van der Waals surface area contributed by atoms with Crippen LogP contribution in [0, 0.1) is 0 Å². The number of carbonyl (C=O) groups is 3. The minimum atomic E-state index is -0.480. The zero-order valence-corrected chi connectivity index (χ0v) is 15.1. The molecule has 1 aliphatic heterocycles. The van der Waals surface area contributed by atoms with Crippen LogP contribution >= 0.6 is 0 Å². The average Bonchev–Trinajstić information content (AvgIpc) is 2.79. The minimum Gasteiger partial charge on any atom is -0.484 e. The maximum atomic E-state index is 12.8. The second-order valence-corrected chi connectivity index (χ2v) is 6.19. The van der Waals surface area contributed by atoms with Crippen LogP contribution in [0.4, 0.5) is 11.4 Å². The summed E-state index contributed by atoms with van der Waals surface area (Å²) in [7, 11) is 1.30. The fourth-order valence-electron chi connectivity index (χ4n) is 3.01. The second kappa shape index (κ2) is 7.90. The molecule has 3 rings (SSSR count). The monoisotopic (exact) mass is 368 g/mol. The number of benzene rings is 2. The summed E-state index contributed by atoms with van der Waals surface area (Å²) in [5, 5.41) is 2.81. The van der Waals surface area contributed by atoms with Crippen molar-refractivity contribution < 1.29 is 23.9 Å². The Morgan fingerprint density at radius 3 is 2.74 bits per heavy atom. The number of nitrogens with zero attached hydrogens (tertiary/aromatic N) is 1. The highest BCUT2D eigenvalue weighted by Gasteiger charge is 2.29. The molecule has 140 valence electrons. The molecule has 0 aromatic heterocycles. The van der Waals surface area contributed by atoms with E-state index in [-0.39, 0.29) is 30.9 Å². The molecule has 7 nitrogen and oxygen atoms in total. The topological polar surface area (TPSA) is 84.9 Å². The van der Waals surface area contributed by atoms with E-state index in [9.17, 15) is 14.4 Å². The van der Waals surface area contributed by atoms with Crippen molar-refractivity contribution in [2.75, 3.05) is 23.9 Å². The number of carbonyl (C=O) groups excluding carboxylic acids is 3. The summed E-state index contributed by atoms with van der Waals surface area (Å²) in [5.74, 6) is -0.519. The lowest BCUT2D eigenvalue weighted by atomic mass is 10.1. The Labute approximate surface area is 156 Å². The summed E-state index contributed by atoms with van der Waals surface area (Å²) >= 11 is 0. The fraction of sp³-hybridized carbons (Fsp3) is 0.250. The molecule has 2 aromatic carbocycles. The van der Waals surface area contributed by atoms with Crippen molar-refractivity contribution in [2.24, 2.45) is 0 Å². The van der Waals surface area contributed by atoms with Gasteiger partial charge < -0.3 is 19.7 Å². The minimum absolute atomic E-state index is 0.142. The van der Waals surface area contributed by atoms with E-state index in [1.807, 2.05) is 13.0 Å². The van der Waals surface area contributed by atoms with E-state index in [1.165, 1.54) is 13.2 Å². The van der Waals surface area contributed by atoms with Crippen molar-refractivity contribution in [3.05, 3.63) is 54.1 Å². The summed E-state index contributed by atoms with van der Waals surface area (Å²) < 4.78 is 10.3. The van der Waals surface area contributed by atoms with Crippen molar-refractivity contribution in [1.29, 1.82) is 0 Å². The highest BCUT2D eigenvalue weighted by molar-refractivity contribution is 6.04. The molecule has 1 atom stereocenters. The maximum absolute atomic E-state index is 12.8. The van der Waals surface area contributed by atoms with Gasteiger partial charge in [0.1, 0.15) is 5.75 Å². The van der Waals surface area contributed by atoms with Gasteiger partial charge in [-0.05, 0) is 37.3 Å². The van der Waals surface area contributed by atoms with E-state index in [0.717, 1.165) is 0 Å². The summed E-state index contributed by atoms with van der Waals surface area (Å²) in [6, 6.07) is 13.3. The number of esters is 1. The lowest BCUT2D eigenvalue weighted by Crippen LogP contribution is -2.41. The van der Waals surface area contributed by atoms with Crippen LogP contribution in [0.2, 0.25) is 0 Å². The predicted octanol–water partition coefficient (Wildman–Crippen LogP) is 2.62. The summed E-state index contributed by atoms with van der Waals surface area (Å²) in [6.45, 7) is 1.59. The summed E-state index contributed by atoms with van der Waals surface area (Å²) in [4.78, 5) is 38.0. The highest BCUT2D eigenvalue weighted by atomic mass is 16.5. The quantitative estimate of drug-likeness (QED) is 0.839. The third-order valence-electron chi connectivity index (χ3n) is 4.25. The first-order chi connectivity index (χ1) is 13.0. The SMILES string of the molecule is COC(=O)c1cccc(OCC(=O)N2c3ccccc3NC(=O)C[C@@H]2C)c1. The molecule has 0 spiro atoms. The number of methoxy groups -OCH3 is 1. The van der Waals surface area contributed by atoms with E-state index in [2.05, 4.69) is 10.1 Å². The summed E-state index contributed by atoms with van der Waals surface area (Å²) in [6.07, 6.45) is 0.193. The van der Waals surface area contributed by atoms with Gasteiger partial charge in [-0.3, -0.25) is 9.59 Å². The molecule has 27 heavy (non-hydrogen) atoms. The highest BCUT2D eigenvalue weighted by Crippen LogP contribution is 2.31. The number of hydrogen-bond donors (Lipinski definition) is 1. The van der Waals surface area contributed by atoms with Gasteiger partial charge in [-0.2, -0.15) is 0 Å². The molecular formula is C20H20N2O5. The first kappa shape index (κ1) is 18.4. The van der Waals surface area contributed by atoms with Crippen LogP contribution in [-0.2, 0) is 14.3 Å². The van der Waals surface area contributed by atoms with E-state index in [4.69, 9.17) is 4.74 Å². The maximum Gasteiger partial charge on any atom is 0.337 e. The van der Waals surface area contributed by atoms with Gasteiger partial charge in [0.15, 0.2) is 6.61 Å². The van der Waals surface area contributed by atoms with Crippen LogP contribution in [-0.4, -0.2) is 37.5 Å². The number of fused-ring (bicyclic) bond motifs is 1. The number of nitrogens with one attached hydrogen (secondary N) is 1. The van der Waals surface area contributed by atoms with Crippen LogP contribution in [0.1, 0.15) is 23.7 Å². The molecule has 2 aromatic rings. The molecule has 0 bridgehead atoms. The zero-order chi connectivity index (χ0) is 19.4. The molecule has 0 fully saturated rings. The van der Waals surface area contributed by atoms with Gasteiger partial charge in [-0.1, -0.05) is 18.2 Å². The van der Waals surface area contributed by atoms with Gasteiger partial charge >= 0.3 is 5.97 Å². The van der Waals surface area contributed by atoms with Crippen molar-refractivity contribution in [1.82, 2.24) is 0 Å². The molecule has 1 heterocycles. The van der Waals surface area contributed by atoms with E-state index in [0.29, 0.717) is 22.7 Å². The number of hydrogen-bond acceptors (Lipinski definition) is 5. The van der Waals surface area contributed by atoms with Gasteiger partial charge in [0.25, 0.3) is 5.91 Å². The molecule has 0 aliphatic carbocycles. The van der Waals surface area contributed by atoms with Gasteiger partial charge in [0, 0.05) is 12.5 Å². The van der Waals surface area contributed by atoms with E-state index >= 15 is 0 Å². The molecule has 1 N–H and O–H groups in total. The van der Waals surface area contributed by atoms with Crippen molar-refractivity contribution in [3.63, 3.8) is 0 Å². The van der Waals surface area contributed by atoms with Gasteiger partial charge in [-0.25, -0.2) is 4.79 Å². The Morgan fingerprint density at radius 2 is 1.96 bits per heavy atom. The standard InChI is InChI=1S/C20H20N2O5/c1-13-10-18(23)21-16-8-3-4-9-17(16)22(13)19(24)12-27-15-7-5-6-14(11-15)20(25)26-2/h3-9,11,13H,10,12H2,1-2H3,(H,21,23)/t13-/m0/s1. The number of ether oxygens (including phenoxy) is 2. The first-order valence-corrected chi connectivity index (χ1v) is 8.51. The number of rotatable bonds is 4. The number of amides is 2. The van der Waals surface area contributed by atoms with Crippen LogP contribution in [0.3, 0.4) is 0 Å². The largest absolute Gasteiger partial charge is 0.484 e. The van der Waals surface area contributed by atoms with Gasteiger partial charge in [0.2, 0.25) is 5.91 Å². The average molecular weight is 368 g/mol. The van der Waals surface area contributed by atoms with E-state index < -0.39 is 5.97 Å². The molecule has 0 saturated heterocycles. The molecular weight excluding hydrogens is 348 g/mol. The summed E-state index contributed by atoms with van der Waals surface area (Å²) in [5.41, 5.74) is 1.56. The lowest BCUT2D eigenvalue weighted by Gasteiger charge is -2.27. The lowest BCUT2D eigenvalue weighted by molar-refractivity contribution is -0.121. The van der Waals surface area contributed by atoms with Crippen molar-refractivity contribution >= 4 is 29.2 Å². The van der Waals surface area contributed by atoms with Crippen LogP contribution in [0.15, 0.2) is 48.5 Å².